The Hall–Kier alpha value is -0.0400. The lowest BCUT2D eigenvalue weighted by molar-refractivity contribution is 0.0877. The molecule has 0 N–H and O–H groups in total. The third-order valence-electron chi connectivity index (χ3n) is 2.60. The van der Waals surface area contributed by atoms with Gasteiger partial charge in [-0.3, -0.25) is 0 Å². The number of fused-ring (bicyclic) bond motifs is 1. The molecule has 2 rings (SSSR count). The molecule has 0 aromatic rings. The molecule has 51 valence electrons. The first-order chi connectivity index (χ1) is 4.47. The van der Waals surface area contributed by atoms with E-state index in [0.717, 1.165) is 18.4 Å². The number of rotatable bonds is 0. The van der Waals surface area contributed by atoms with Gasteiger partial charge < -0.3 is 4.74 Å². The van der Waals surface area contributed by atoms with Gasteiger partial charge in [0.1, 0.15) is 0 Å². The van der Waals surface area contributed by atoms with Gasteiger partial charge in [-0.2, -0.15) is 0 Å². The van der Waals surface area contributed by atoms with E-state index in [-0.39, 0.29) is 0 Å². The first kappa shape index (κ1) is 5.72. The van der Waals surface area contributed by atoms with E-state index in [1.807, 2.05) is 0 Å². The quantitative estimate of drug-likeness (QED) is 0.481. The normalized spacial score (nSPS) is 42.7. The van der Waals surface area contributed by atoms with E-state index in [4.69, 9.17) is 4.74 Å². The molecule has 0 aromatic heterocycles. The van der Waals surface area contributed by atoms with Crippen molar-refractivity contribution in [1.29, 1.82) is 0 Å². The topological polar surface area (TPSA) is 9.23 Å². The second kappa shape index (κ2) is 2.30. The van der Waals surface area contributed by atoms with Crippen molar-refractivity contribution in [3.05, 3.63) is 6.61 Å². The first-order valence-corrected chi connectivity index (χ1v) is 3.92. The van der Waals surface area contributed by atoms with Gasteiger partial charge in [-0.1, -0.05) is 6.42 Å². The molecule has 1 heterocycles. The molecule has 1 nitrogen and oxygen atoms in total. The van der Waals surface area contributed by atoms with E-state index in [9.17, 15) is 0 Å². The van der Waals surface area contributed by atoms with Crippen molar-refractivity contribution < 1.29 is 4.74 Å². The maximum absolute atomic E-state index is 5.26. The van der Waals surface area contributed by atoms with Crippen molar-refractivity contribution in [1.82, 2.24) is 0 Å². The fraction of sp³-hybridized carbons (Fsp3) is 0.875. The Labute approximate surface area is 56.4 Å². The zero-order valence-corrected chi connectivity index (χ0v) is 5.68. The first-order valence-electron chi connectivity index (χ1n) is 3.92. The average molecular weight is 125 g/mol. The zero-order valence-electron chi connectivity index (χ0n) is 5.68. The Morgan fingerprint density at radius 3 is 3.11 bits per heavy atom. The summed E-state index contributed by atoms with van der Waals surface area (Å²) in [5.74, 6) is 1.80. The van der Waals surface area contributed by atoms with Crippen LogP contribution in [0.4, 0.5) is 0 Å². The van der Waals surface area contributed by atoms with Crippen molar-refractivity contribution in [3.8, 4) is 0 Å². The van der Waals surface area contributed by atoms with Gasteiger partial charge in [0.05, 0.1) is 6.61 Å². The summed E-state index contributed by atoms with van der Waals surface area (Å²) in [6.07, 6.45) is 5.56. The smallest absolute Gasteiger partial charge is 0.0870 e. The Bertz CT molecular complexity index is 88.7. The van der Waals surface area contributed by atoms with Gasteiger partial charge in [-0.25, -0.2) is 0 Å². The molecule has 1 radical (unpaired) electrons. The molecule has 2 unspecified atom stereocenters. The van der Waals surface area contributed by atoms with Gasteiger partial charge in [0.15, 0.2) is 0 Å². The van der Waals surface area contributed by atoms with Crippen molar-refractivity contribution in [2.45, 2.75) is 25.7 Å². The maximum atomic E-state index is 5.26. The van der Waals surface area contributed by atoms with Gasteiger partial charge >= 0.3 is 0 Å². The third kappa shape index (κ3) is 0.983. The molecule has 2 aliphatic rings. The Morgan fingerprint density at radius 1 is 1.22 bits per heavy atom. The standard InChI is InChI=1S/C8H13O/c1-2-7-4-5-9-6-8(7)3-1/h6-8H,1-5H2. The fourth-order valence-corrected chi connectivity index (χ4v) is 2.01. The SMILES string of the molecule is [CH]1OCCC2CCCC12. The summed E-state index contributed by atoms with van der Waals surface area (Å²) < 4.78 is 5.26. The second-order valence-corrected chi connectivity index (χ2v) is 3.15. The largest absolute Gasteiger partial charge is 0.375 e. The molecule has 9 heavy (non-hydrogen) atoms. The van der Waals surface area contributed by atoms with E-state index in [2.05, 4.69) is 6.61 Å². The summed E-state index contributed by atoms with van der Waals surface area (Å²) in [4.78, 5) is 0. The molecule has 1 saturated heterocycles. The van der Waals surface area contributed by atoms with E-state index in [1.54, 1.807) is 0 Å². The van der Waals surface area contributed by atoms with Crippen LogP contribution in [0.3, 0.4) is 0 Å². The van der Waals surface area contributed by atoms with Gasteiger partial charge in [0.25, 0.3) is 0 Å². The molecular weight excluding hydrogens is 112 g/mol. The van der Waals surface area contributed by atoms with Crippen molar-refractivity contribution in [2.75, 3.05) is 6.61 Å². The maximum Gasteiger partial charge on any atom is 0.0870 e. The molecule has 0 spiro atoms. The fourth-order valence-electron chi connectivity index (χ4n) is 2.01. The summed E-state index contributed by atoms with van der Waals surface area (Å²) in [6.45, 7) is 3.04. The van der Waals surface area contributed by atoms with Crippen LogP contribution < -0.4 is 0 Å². The van der Waals surface area contributed by atoms with Crippen LogP contribution in [-0.2, 0) is 4.74 Å². The van der Waals surface area contributed by atoms with E-state index in [1.165, 1.54) is 25.7 Å². The lowest BCUT2D eigenvalue weighted by Gasteiger charge is -2.23. The van der Waals surface area contributed by atoms with Crippen LogP contribution in [0.1, 0.15) is 25.7 Å². The van der Waals surface area contributed by atoms with Gasteiger partial charge in [-0.05, 0) is 31.1 Å². The van der Waals surface area contributed by atoms with Gasteiger partial charge in [0.2, 0.25) is 0 Å². The van der Waals surface area contributed by atoms with E-state index < -0.39 is 0 Å². The van der Waals surface area contributed by atoms with Crippen LogP contribution in [-0.4, -0.2) is 6.61 Å². The summed E-state index contributed by atoms with van der Waals surface area (Å²) in [5, 5.41) is 0. The second-order valence-electron chi connectivity index (χ2n) is 3.15. The van der Waals surface area contributed by atoms with Crippen LogP contribution in [0.2, 0.25) is 0 Å². The lowest BCUT2D eigenvalue weighted by atomic mass is 9.92. The molecule has 1 saturated carbocycles. The van der Waals surface area contributed by atoms with Crippen LogP contribution in [0.15, 0.2) is 0 Å². The summed E-state index contributed by atoms with van der Waals surface area (Å²) in [7, 11) is 0. The molecule has 1 heteroatoms. The van der Waals surface area contributed by atoms with Crippen molar-refractivity contribution in [2.24, 2.45) is 11.8 Å². The van der Waals surface area contributed by atoms with Crippen LogP contribution in [0, 0.1) is 18.4 Å². The summed E-state index contributed by atoms with van der Waals surface area (Å²) in [5.41, 5.74) is 0. The molecular formula is C8H13O. The van der Waals surface area contributed by atoms with Crippen LogP contribution in [0.5, 0.6) is 0 Å². The molecule has 1 aliphatic heterocycles. The van der Waals surface area contributed by atoms with Gasteiger partial charge in [0, 0.05) is 6.61 Å². The van der Waals surface area contributed by atoms with E-state index >= 15 is 0 Å². The highest BCUT2D eigenvalue weighted by Gasteiger charge is 2.30. The van der Waals surface area contributed by atoms with Crippen LogP contribution in [0.25, 0.3) is 0 Å². The molecule has 0 bridgehead atoms. The Kier molecular flexibility index (Phi) is 1.46. The highest BCUT2D eigenvalue weighted by molar-refractivity contribution is 4.85. The Balaban J connectivity index is 1.97. The molecule has 2 atom stereocenters. The molecule has 0 aromatic carbocycles. The molecule has 2 fully saturated rings. The number of hydrogen-bond acceptors (Lipinski definition) is 1. The summed E-state index contributed by atoms with van der Waals surface area (Å²) >= 11 is 0. The minimum Gasteiger partial charge on any atom is -0.375 e. The van der Waals surface area contributed by atoms with Crippen molar-refractivity contribution in [3.63, 3.8) is 0 Å². The summed E-state index contributed by atoms with van der Waals surface area (Å²) in [6, 6.07) is 0. The van der Waals surface area contributed by atoms with Crippen molar-refractivity contribution >= 4 is 0 Å². The third-order valence-corrected chi connectivity index (χ3v) is 2.60. The van der Waals surface area contributed by atoms with E-state index in [0.29, 0.717) is 0 Å². The number of ether oxygens (including phenoxy) is 1. The minimum atomic E-state index is 0.818. The molecule has 1 aliphatic carbocycles. The van der Waals surface area contributed by atoms with Gasteiger partial charge in [-0.15, -0.1) is 0 Å². The Morgan fingerprint density at radius 2 is 2.22 bits per heavy atom. The lowest BCUT2D eigenvalue weighted by Crippen LogP contribution is -2.18. The highest BCUT2D eigenvalue weighted by atomic mass is 16.5. The highest BCUT2D eigenvalue weighted by Crippen LogP contribution is 2.38. The number of hydrogen-bond donors (Lipinski definition) is 0. The average Bonchev–Trinajstić information content (AvgIpc) is 2.33. The van der Waals surface area contributed by atoms with Crippen LogP contribution >= 0.6 is 0 Å². The zero-order chi connectivity index (χ0) is 6.10. The molecule has 0 amide bonds. The predicted octanol–water partition coefficient (Wildman–Crippen LogP) is 1.98. The monoisotopic (exact) mass is 125 g/mol. The predicted molar refractivity (Wildman–Crippen MR) is 35.7 cm³/mol. The minimum absolute atomic E-state index is 0.818.